The van der Waals surface area contributed by atoms with E-state index in [0.717, 1.165) is 33.1 Å². The molecule has 0 amide bonds. The van der Waals surface area contributed by atoms with Crippen molar-refractivity contribution in [2.24, 2.45) is 0 Å². The highest BCUT2D eigenvalue weighted by molar-refractivity contribution is 14.1. The highest BCUT2D eigenvalue weighted by atomic mass is 127. The van der Waals surface area contributed by atoms with Crippen molar-refractivity contribution in [1.29, 1.82) is 0 Å². The fraction of sp³-hybridized carbons (Fsp3) is 0.125. The second kappa shape index (κ2) is 6.00. The van der Waals surface area contributed by atoms with Crippen LogP contribution in [0.5, 0.6) is 0 Å². The van der Waals surface area contributed by atoms with Gasteiger partial charge in [-0.1, -0.05) is 30.7 Å². The minimum absolute atomic E-state index is 0.741. The molecule has 0 N–H and O–H groups in total. The Kier molecular flexibility index (Phi) is 4.29. The lowest BCUT2D eigenvalue weighted by atomic mass is 10.1. The Labute approximate surface area is 140 Å². The van der Waals surface area contributed by atoms with Crippen molar-refractivity contribution >= 4 is 56.9 Å². The summed E-state index contributed by atoms with van der Waals surface area (Å²) < 4.78 is 7.27. The van der Waals surface area contributed by atoms with Crippen molar-refractivity contribution in [3.8, 4) is 11.3 Å². The van der Waals surface area contributed by atoms with Crippen LogP contribution in [0.3, 0.4) is 0 Å². The van der Waals surface area contributed by atoms with Gasteiger partial charge in [0.2, 0.25) is 0 Å². The van der Waals surface area contributed by atoms with E-state index in [2.05, 4.69) is 53.8 Å². The van der Waals surface area contributed by atoms with Crippen molar-refractivity contribution in [3.63, 3.8) is 0 Å². The second-order valence-corrected chi connectivity index (χ2v) is 7.30. The molecule has 0 radical (unpaired) electrons. The number of fused-ring (bicyclic) bond motifs is 1. The topological polar surface area (TPSA) is 13.1 Å². The van der Waals surface area contributed by atoms with Crippen LogP contribution in [0.4, 0.5) is 0 Å². The van der Waals surface area contributed by atoms with Gasteiger partial charge >= 0.3 is 0 Å². The number of halogens is 2. The van der Waals surface area contributed by atoms with Crippen molar-refractivity contribution in [2.75, 3.05) is 5.75 Å². The minimum Gasteiger partial charge on any atom is -0.455 e. The van der Waals surface area contributed by atoms with Crippen LogP contribution < -0.4 is 0 Å². The molecule has 20 heavy (non-hydrogen) atoms. The lowest BCUT2D eigenvalue weighted by Crippen LogP contribution is -1.79. The maximum atomic E-state index is 6.11. The molecule has 3 aromatic rings. The molecule has 0 saturated carbocycles. The molecule has 0 atom stereocenters. The zero-order chi connectivity index (χ0) is 14.1. The molecular weight excluding hydrogens is 403 g/mol. The Bertz CT molecular complexity index is 749. The second-order valence-electron chi connectivity index (χ2n) is 4.34. The van der Waals surface area contributed by atoms with Crippen LogP contribution in [0.1, 0.15) is 6.92 Å². The molecule has 0 aliphatic heterocycles. The molecule has 1 heterocycles. The van der Waals surface area contributed by atoms with E-state index in [1.807, 2.05) is 18.2 Å². The van der Waals surface area contributed by atoms with Gasteiger partial charge in [0, 0.05) is 19.5 Å². The van der Waals surface area contributed by atoms with Gasteiger partial charge in [-0.2, -0.15) is 0 Å². The number of benzene rings is 2. The standard InChI is InChI=1S/C16H12ClIOS/c1-2-20-16-13-9-11(17)5-8-14(13)19-15(16)10-3-6-12(18)7-4-10/h3-9H,2H2,1H3. The number of thioether (sulfide) groups is 1. The summed E-state index contributed by atoms with van der Waals surface area (Å²) in [4.78, 5) is 1.17. The summed E-state index contributed by atoms with van der Waals surface area (Å²) in [7, 11) is 0. The Morgan fingerprint density at radius 3 is 2.60 bits per heavy atom. The Morgan fingerprint density at radius 1 is 1.15 bits per heavy atom. The zero-order valence-electron chi connectivity index (χ0n) is 10.8. The predicted molar refractivity (Wildman–Crippen MR) is 95.8 cm³/mol. The third-order valence-corrected chi connectivity index (χ3v) is 4.94. The largest absolute Gasteiger partial charge is 0.455 e. The monoisotopic (exact) mass is 414 g/mol. The molecule has 0 spiro atoms. The van der Waals surface area contributed by atoms with E-state index in [-0.39, 0.29) is 0 Å². The first-order valence-electron chi connectivity index (χ1n) is 6.30. The van der Waals surface area contributed by atoms with E-state index in [4.69, 9.17) is 16.0 Å². The average molecular weight is 415 g/mol. The summed E-state index contributed by atoms with van der Waals surface area (Å²) in [5.74, 6) is 1.93. The van der Waals surface area contributed by atoms with E-state index < -0.39 is 0 Å². The number of hydrogen-bond donors (Lipinski definition) is 0. The van der Waals surface area contributed by atoms with Crippen LogP contribution in [-0.4, -0.2) is 5.75 Å². The summed E-state index contributed by atoms with van der Waals surface area (Å²) in [5.41, 5.74) is 1.99. The van der Waals surface area contributed by atoms with Gasteiger partial charge in [0.1, 0.15) is 11.3 Å². The first-order valence-corrected chi connectivity index (χ1v) is 8.74. The summed E-state index contributed by atoms with van der Waals surface area (Å²) in [6.07, 6.45) is 0. The van der Waals surface area contributed by atoms with Gasteiger partial charge in [-0.15, -0.1) is 11.8 Å². The summed E-state index contributed by atoms with van der Waals surface area (Å²) in [6, 6.07) is 14.2. The molecule has 3 rings (SSSR count). The van der Waals surface area contributed by atoms with Crippen molar-refractivity contribution in [2.45, 2.75) is 11.8 Å². The molecule has 4 heteroatoms. The maximum absolute atomic E-state index is 6.11. The number of furan rings is 1. The third-order valence-electron chi connectivity index (χ3n) is 3.00. The van der Waals surface area contributed by atoms with E-state index in [1.54, 1.807) is 11.8 Å². The van der Waals surface area contributed by atoms with E-state index >= 15 is 0 Å². The molecule has 0 bridgehead atoms. The van der Waals surface area contributed by atoms with Crippen LogP contribution in [0.2, 0.25) is 5.02 Å². The van der Waals surface area contributed by atoms with Gasteiger partial charge in [0.25, 0.3) is 0 Å². The quantitative estimate of drug-likeness (QED) is 0.360. The van der Waals surface area contributed by atoms with Gasteiger partial charge in [-0.05, 0) is 58.7 Å². The molecule has 2 aromatic carbocycles. The van der Waals surface area contributed by atoms with Gasteiger partial charge in [-0.3, -0.25) is 0 Å². The smallest absolute Gasteiger partial charge is 0.148 e. The Hall–Kier alpha value is -0.650. The van der Waals surface area contributed by atoms with Crippen LogP contribution in [0, 0.1) is 3.57 Å². The molecule has 0 aliphatic carbocycles. The lowest BCUT2D eigenvalue weighted by molar-refractivity contribution is 0.625. The summed E-state index contributed by atoms with van der Waals surface area (Å²) >= 11 is 10.2. The first kappa shape index (κ1) is 14.3. The minimum atomic E-state index is 0.741. The molecule has 102 valence electrons. The van der Waals surface area contributed by atoms with E-state index in [0.29, 0.717) is 0 Å². The highest BCUT2D eigenvalue weighted by Crippen LogP contribution is 2.41. The normalized spacial score (nSPS) is 11.2. The van der Waals surface area contributed by atoms with Crippen LogP contribution in [0.15, 0.2) is 51.8 Å². The van der Waals surface area contributed by atoms with Crippen LogP contribution >= 0.6 is 46.0 Å². The molecule has 0 fully saturated rings. The Morgan fingerprint density at radius 2 is 1.90 bits per heavy atom. The maximum Gasteiger partial charge on any atom is 0.148 e. The van der Waals surface area contributed by atoms with Crippen LogP contribution in [-0.2, 0) is 0 Å². The van der Waals surface area contributed by atoms with Gasteiger partial charge < -0.3 is 4.42 Å². The predicted octanol–water partition coefficient (Wildman–Crippen LogP) is 6.47. The zero-order valence-corrected chi connectivity index (χ0v) is 14.6. The summed E-state index contributed by atoms with van der Waals surface area (Å²) in [5, 5.41) is 1.84. The highest BCUT2D eigenvalue weighted by Gasteiger charge is 2.16. The van der Waals surface area contributed by atoms with E-state index in [9.17, 15) is 0 Å². The molecule has 1 nitrogen and oxygen atoms in total. The number of rotatable bonds is 3. The average Bonchev–Trinajstić information content (AvgIpc) is 2.79. The summed E-state index contributed by atoms with van der Waals surface area (Å²) in [6.45, 7) is 2.14. The van der Waals surface area contributed by atoms with Crippen molar-refractivity contribution in [1.82, 2.24) is 0 Å². The lowest BCUT2D eigenvalue weighted by Gasteiger charge is -2.02. The molecule has 1 aromatic heterocycles. The van der Waals surface area contributed by atoms with Gasteiger partial charge in [-0.25, -0.2) is 0 Å². The van der Waals surface area contributed by atoms with Gasteiger partial charge in [0.15, 0.2) is 0 Å². The first-order chi connectivity index (χ1) is 9.69. The SMILES string of the molecule is CCSc1c(-c2ccc(I)cc2)oc2ccc(Cl)cc12. The molecule has 0 saturated heterocycles. The Balaban J connectivity index is 2.23. The third kappa shape index (κ3) is 2.71. The van der Waals surface area contributed by atoms with E-state index in [1.165, 1.54) is 8.47 Å². The number of hydrogen-bond acceptors (Lipinski definition) is 2. The van der Waals surface area contributed by atoms with Crippen molar-refractivity contribution < 1.29 is 4.42 Å². The molecule has 0 unspecified atom stereocenters. The molecule has 0 aliphatic rings. The molecular formula is C16H12ClIOS. The van der Waals surface area contributed by atoms with Crippen molar-refractivity contribution in [3.05, 3.63) is 51.1 Å². The van der Waals surface area contributed by atoms with Gasteiger partial charge in [0.05, 0.1) is 4.90 Å². The fourth-order valence-corrected chi connectivity index (χ4v) is 3.55. The fourth-order valence-electron chi connectivity index (χ4n) is 2.13. The van der Waals surface area contributed by atoms with Crippen LogP contribution in [0.25, 0.3) is 22.3 Å².